The van der Waals surface area contributed by atoms with E-state index < -0.39 is 17.8 Å². The number of primary amides is 1. The maximum absolute atomic E-state index is 11.9. The number of ether oxygens (including phenoxy) is 1. The van der Waals surface area contributed by atoms with Crippen molar-refractivity contribution < 1.29 is 19.1 Å². The third-order valence-electron chi connectivity index (χ3n) is 2.45. The molecule has 0 heterocycles. The molecule has 0 aliphatic heterocycles. The number of hydrogen-bond acceptors (Lipinski definition) is 5. The van der Waals surface area contributed by atoms with E-state index in [1.165, 1.54) is 19.1 Å². The van der Waals surface area contributed by atoms with E-state index in [1.807, 2.05) is 0 Å². The number of nitrogens with two attached hydrogens (primary N) is 1. The first kappa shape index (κ1) is 15.2. The van der Waals surface area contributed by atoms with Crippen molar-refractivity contribution in [1.82, 2.24) is 0 Å². The van der Waals surface area contributed by atoms with Crippen LogP contribution in [0.15, 0.2) is 24.3 Å². The average molecular weight is 281 g/mol. The fraction of sp³-hybridized carbons (Fsp3) is 0.308. The van der Waals surface area contributed by atoms with Gasteiger partial charge in [0.2, 0.25) is 0 Å². The van der Waals surface area contributed by atoms with Gasteiger partial charge in [0.15, 0.2) is 0 Å². The summed E-state index contributed by atoms with van der Waals surface area (Å²) in [6.45, 7) is 1.39. The molecule has 0 saturated carbocycles. The minimum Gasteiger partial charge on any atom is -0.425 e. The molecule has 1 rings (SSSR count). The molecule has 1 amide bonds. The molecule has 1 unspecified atom stereocenters. The van der Waals surface area contributed by atoms with E-state index in [4.69, 9.17) is 10.5 Å². The zero-order valence-electron chi connectivity index (χ0n) is 10.5. The van der Waals surface area contributed by atoms with E-state index in [1.54, 1.807) is 12.1 Å². The summed E-state index contributed by atoms with van der Waals surface area (Å²) in [5, 5.41) is 0. The van der Waals surface area contributed by atoms with E-state index in [9.17, 15) is 14.4 Å². The topological polar surface area (TPSA) is 86.5 Å². The second kappa shape index (κ2) is 6.94. The number of hydrogen-bond donors (Lipinski definition) is 2. The summed E-state index contributed by atoms with van der Waals surface area (Å²) in [5.41, 5.74) is 5.30. The molecule has 0 aliphatic rings. The lowest BCUT2D eigenvalue weighted by Crippen LogP contribution is -2.25. The van der Waals surface area contributed by atoms with Gasteiger partial charge in [-0.25, -0.2) is 0 Å². The highest BCUT2D eigenvalue weighted by Gasteiger charge is 2.22. The summed E-state index contributed by atoms with van der Waals surface area (Å²) >= 11 is 4.02. The van der Waals surface area contributed by atoms with Crippen molar-refractivity contribution in [2.75, 3.05) is 5.75 Å². The van der Waals surface area contributed by atoms with E-state index in [0.717, 1.165) is 0 Å². The molecule has 6 heteroatoms. The Morgan fingerprint density at radius 2 is 1.95 bits per heavy atom. The van der Waals surface area contributed by atoms with Crippen molar-refractivity contribution >= 4 is 30.3 Å². The summed E-state index contributed by atoms with van der Waals surface area (Å²) < 4.78 is 5.12. The summed E-state index contributed by atoms with van der Waals surface area (Å²) in [4.78, 5) is 34.1. The van der Waals surface area contributed by atoms with E-state index >= 15 is 0 Å². The Morgan fingerprint density at radius 3 is 2.47 bits per heavy atom. The highest BCUT2D eigenvalue weighted by Crippen LogP contribution is 2.20. The monoisotopic (exact) mass is 281 g/mol. The zero-order valence-corrected chi connectivity index (χ0v) is 11.4. The number of carbonyl (C=O) groups is 3. The Balaban J connectivity index is 2.87. The van der Waals surface area contributed by atoms with Crippen molar-refractivity contribution in [3.05, 3.63) is 29.8 Å². The van der Waals surface area contributed by atoms with Gasteiger partial charge in [-0.05, 0) is 19.1 Å². The molecular weight excluding hydrogens is 266 g/mol. The number of esters is 1. The minimum atomic E-state index is -0.683. The highest BCUT2D eigenvalue weighted by atomic mass is 32.1. The predicted octanol–water partition coefficient (Wildman–Crippen LogP) is 1.22. The SMILES string of the molecule is CC(=O)CC(CS)C(=O)Oc1ccccc1C(N)=O. The summed E-state index contributed by atoms with van der Waals surface area (Å²) in [7, 11) is 0. The van der Waals surface area contributed by atoms with Crippen molar-refractivity contribution in [3.8, 4) is 5.75 Å². The Morgan fingerprint density at radius 1 is 1.32 bits per heavy atom. The van der Waals surface area contributed by atoms with Crippen molar-refractivity contribution in [3.63, 3.8) is 0 Å². The largest absolute Gasteiger partial charge is 0.425 e. The number of Topliss-reactive ketones (excluding diaryl/α,β-unsaturated/α-hetero) is 1. The van der Waals surface area contributed by atoms with Gasteiger partial charge in [0, 0.05) is 12.2 Å². The van der Waals surface area contributed by atoms with Gasteiger partial charge in [-0.2, -0.15) is 12.6 Å². The van der Waals surface area contributed by atoms with Crippen molar-refractivity contribution in [2.45, 2.75) is 13.3 Å². The fourth-order valence-corrected chi connectivity index (χ4v) is 1.80. The number of para-hydroxylation sites is 1. The smallest absolute Gasteiger partial charge is 0.315 e. The number of benzene rings is 1. The van der Waals surface area contributed by atoms with Gasteiger partial charge < -0.3 is 15.3 Å². The second-order valence-corrected chi connectivity index (χ2v) is 4.43. The molecule has 0 fully saturated rings. The Bertz CT molecular complexity index is 501. The van der Waals surface area contributed by atoms with Crippen LogP contribution in [0.25, 0.3) is 0 Å². The lowest BCUT2D eigenvalue weighted by molar-refractivity contribution is -0.140. The summed E-state index contributed by atoms with van der Waals surface area (Å²) in [6, 6.07) is 6.17. The number of thiol groups is 1. The molecule has 1 aromatic rings. The molecule has 0 aliphatic carbocycles. The fourth-order valence-electron chi connectivity index (χ4n) is 1.52. The van der Waals surface area contributed by atoms with Crippen LogP contribution in [0.1, 0.15) is 23.7 Å². The standard InChI is InChI=1S/C13H15NO4S/c1-8(15)6-9(7-19)13(17)18-11-5-3-2-4-10(11)12(14)16/h2-5,9,19H,6-7H2,1H3,(H2,14,16). The van der Waals surface area contributed by atoms with Gasteiger partial charge >= 0.3 is 5.97 Å². The summed E-state index contributed by atoms with van der Waals surface area (Å²) in [6.07, 6.45) is 0.0566. The van der Waals surface area contributed by atoms with Crippen LogP contribution in [0, 0.1) is 5.92 Å². The second-order valence-electron chi connectivity index (χ2n) is 4.07. The molecule has 0 bridgehead atoms. The molecule has 0 saturated heterocycles. The van der Waals surface area contributed by atoms with Gasteiger partial charge in [-0.1, -0.05) is 12.1 Å². The number of amides is 1. The molecule has 2 N–H and O–H groups in total. The van der Waals surface area contributed by atoms with Gasteiger partial charge in [0.1, 0.15) is 11.5 Å². The molecular formula is C13H15NO4S. The maximum Gasteiger partial charge on any atom is 0.315 e. The quantitative estimate of drug-likeness (QED) is 0.466. The van der Waals surface area contributed by atoms with Gasteiger partial charge in [-0.15, -0.1) is 0 Å². The van der Waals surface area contributed by atoms with Crippen molar-refractivity contribution in [1.29, 1.82) is 0 Å². The number of carbonyl (C=O) groups excluding carboxylic acids is 3. The zero-order chi connectivity index (χ0) is 14.4. The summed E-state index contributed by atoms with van der Waals surface area (Å²) in [5.74, 6) is -1.76. The van der Waals surface area contributed by atoms with E-state index in [0.29, 0.717) is 0 Å². The molecule has 0 aromatic heterocycles. The van der Waals surface area contributed by atoms with Gasteiger partial charge in [0.05, 0.1) is 11.5 Å². The van der Waals surface area contributed by atoms with Crippen LogP contribution in [0.3, 0.4) is 0 Å². The van der Waals surface area contributed by atoms with E-state index in [2.05, 4.69) is 12.6 Å². The Kier molecular flexibility index (Phi) is 5.57. The third kappa shape index (κ3) is 4.40. The van der Waals surface area contributed by atoms with Crippen LogP contribution in [0.4, 0.5) is 0 Å². The number of rotatable bonds is 6. The molecule has 0 spiro atoms. The highest BCUT2D eigenvalue weighted by molar-refractivity contribution is 7.80. The maximum atomic E-state index is 11.9. The lowest BCUT2D eigenvalue weighted by Gasteiger charge is -2.13. The van der Waals surface area contributed by atoms with Crippen molar-refractivity contribution in [2.24, 2.45) is 11.7 Å². The van der Waals surface area contributed by atoms with Crippen LogP contribution in [0.2, 0.25) is 0 Å². The van der Waals surface area contributed by atoms with Crippen LogP contribution >= 0.6 is 12.6 Å². The van der Waals surface area contributed by atoms with Crippen LogP contribution < -0.4 is 10.5 Å². The predicted molar refractivity (Wildman–Crippen MR) is 73.2 cm³/mol. The normalized spacial score (nSPS) is 11.7. The third-order valence-corrected chi connectivity index (χ3v) is 2.89. The first-order chi connectivity index (χ1) is 8.95. The molecule has 19 heavy (non-hydrogen) atoms. The first-order valence-electron chi connectivity index (χ1n) is 5.66. The Labute approximate surface area is 116 Å². The molecule has 5 nitrogen and oxygen atoms in total. The van der Waals surface area contributed by atoms with Gasteiger partial charge in [-0.3, -0.25) is 9.59 Å². The van der Waals surface area contributed by atoms with Crippen LogP contribution in [-0.2, 0) is 9.59 Å². The molecule has 0 radical (unpaired) electrons. The minimum absolute atomic E-state index is 0.0566. The average Bonchev–Trinajstić information content (AvgIpc) is 2.35. The van der Waals surface area contributed by atoms with Gasteiger partial charge in [0.25, 0.3) is 5.91 Å². The van der Waals surface area contributed by atoms with Crippen LogP contribution in [-0.4, -0.2) is 23.4 Å². The van der Waals surface area contributed by atoms with E-state index in [-0.39, 0.29) is 29.3 Å². The lowest BCUT2D eigenvalue weighted by atomic mass is 10.1. The number of ketones is 1. The molecule has 1 atom stereocenters. The molecule has 102 valence electrons. The first-order valence-corrected chi connectivity index (χ1v) is 6.29. The Hall–Kier alpha value is -1.82. The molecule has 1 aromatic carbocycles. The van der Waals surface area contributed by atoms with Crippen LogP contribution in [0.5, 0.6) is 5.75 Å².